The average Bonchev–Trinajstić information content (AvgIpc) is 3.40. The van der Waals surface area contributed by atoms with E-state index in [0.717, 1.165) is 72.3 Å². The molecule has 3 aromatic carbocycles. The van der Waals surface area contributed by atoms with Crippen molar-refractivity contribution < 1.29 is 28.9 Å². The third-order valence-corrected chi connectivity index (χ3v) is 9.91. The summed E-state index contributed by atoms with van der Waals surface area (Å²) in [7, 11) is 1.79. The van der Waals surface area contributed by atoms with Gasteiger partial charge in [-0.15, -0.1) is 0 Å². The molecule has 1 amide bonds. The van der Waals surface area contributed by atoms with Gasteiger partial charge in [-0.2, -0.15) is 0 Å². The van der Waals surface area contributed by atoms with Crippen molar-refractivity contribution in [3.63, 3.8) is 0 Å². The van der Waals surface area contributed by atoms with Crippen LogP contribution in [0.3, 0.4) is 0 Å². The Labute approximate surface area is 284 Å². The van der Waals surface area contributed by atoms with Crippen molar-refractivity contribution in [3.8, 4) is 11.1 Å². The number of alkyl carbamates (subject to hydrolysis) is 1. The summed E-state index contributed by atoms with van der Waals surface area (Å²) < 4.78 is 17.0. The van der Waals surface area contributed by atoms with E-state index in [4.69, 9.17) is 14.2 Å². The molecule has 2 fully saturated rings. The molecule has 9 heteroatoms. The molecule has 2 N–H and O–H groups in total. The number of anilines is 1. The molecular weight excluding hydrogens is 606 g/mol. The number of aliphatic hydroxyl groups excluding tert-OH is 1. The quantitative estimate of drug-likeness (QED) is 0.276. The maximum Gasteiger partial charge on any atom is 0.407 e. The predicted molar refractivity (Wildman–Crippen MR) is 186 cm³/mol. The fourth-order valence-corrected chi connectivity index (χ4v) is 7.47. The zero-order valence-electron chi connectivity index (χ0n) is 28.6. The van der Waals surface area contributed by atoms with Gasteiger partial charge in [0.15, 0.2) is 0 Å². The van der Waals surface area contributed by atoms with E-state index in [-0.39, 0.29) is 18.9 Å². The molecule has 1 heterocycles. The van der Waals surface area contributed by atoms with Gasteiger partial charge in [-0.05, 0) is 86.4 Å². The molecule has 1 aliphatic heterocycles. The predicted octanol–water partition coefficient (Wildman–Crippen LogP) is 5.88. The number of β-amino-alcohol motifs (C(OH)–C–C–N with tert-alkyl or cyclic N) is 1. The SMILES string of the molecule is COC1CCC(N2CCN(c3ccc(C[C@H](NC(=O)OCC4c5ccccc5-c5ccccc54)C(=O)OC(C)(C)C)cc3)[C@@H](O)C2)CC1. The van der Waals surface area contributed by atoms with Crippen LogP contribution < -0.4 is 10.2 Å². The molecule has 48 heavy (non-hydrogen) atoms. The maximum atomic E-state index is 13.3. The van der Waals surface area contributed by atoms with Gasteiger partial charge in [0.1, 0.15) is 24.5 Å². The highest BCUT2D eigenvalue weighted by molar-refractivity contribution is 5.82. The summed E-state index contributed by atoms with van der Waals surface area (Å²) in [6, 6.07) is 23.7. The molecule has 9 nitrogen and oxygen atoms in total. The summed E-state index contributed by atoms with van der Waals surface area (Å²) in [4.78, 5) is 30.9. The number of nitrogens with zero attached hydrogens (tertiary/aromatic N) is 2. The second-order valence-electron chi connectivity index (χ2n) is 14.3. The zero-order chi connectivity index (χ0) is 33.8. The minimum atomic E-state index is -0.937. The first kappa shape index (κ1) is 34.0. The Morgan fingerprint density at radius 2 is 1.52 bits per heavy atom. The van der Waals surface area contributed by atoms with Crippen LogP contribution in [0.5, 0.6) is 0 Å². The Balaban J connectivity index is 1.07. The number of esters is 1. The van der Waals surface area contributed by atoms with Crippen molar-refractivity contribution in [1.29, 1.82) is 0 Å². The van der Waals surface area contributed by atoms with Crippen molar-refractivity contribution in [2.24, 2.45) is 0 Å². The molecule has 1 saturated heterocycles. The van der Waals surface area contributed by atoms with Crippen LogP contribution in [-0.4, -0.2) is 85.4 Å². The van der Waals surface area contributed by atoms with Crippen molar-refractivity contribution in [1.82, 2.24) is 10.2 Å². The second kappa shape index (κ2) is 14.7. The lowest BCUT2D eigenvalue weighted by Gasteiger charge is -2.45. The van der Waals surface area contributed by atoms with E-state index in [1.165, 1.54) is 0 Å². The van der Waals surface area contributed by atoms with Gasteiger partial charge < -0.3 is 29.5 Å². The summed E-state index contributed by atoms with van der Waals surface area (Å²) in [5, 5.41) is 13.9. The smallest absolute Gasteiger partial charge is 0.407 e. The molecule has 0 aromatic heterocycles. The van der Waals surface area contributed by atoms with E-state index in [2.05, 4.69) is 34.5 Å². The first-order chi connectivity index (χ1) is 23.1. The molecule has 2 aliphatic carbocycles. The van der Waals surface area contributed by atoms with Gasteiger partial charge in [-0.1, -0.05) is 60.7 Å². The number of methoxy groups -OCH3 is 1. The summed E-state index contributed by atoms with van der Waals surface area (Å²) >= 11 is 0. The second-order valence-corrected chi connectivity index (χ2v) is 14.3. The van der Waals surface area contributed by atoms with Crippen LogP contribution in [0.1, 0.15) is 69.1 Å². The molecule has 6 rings (SSSR count). The Bertz CT molecular complexity index is 1520. The van der Waals surface area contributed by atoms with Crippen LogP contribution in [0.2, 0.25) is 0 Å². The minimum Gasteiger partial charge on any atom is -0.458 e. The highest BCUT2D eigenvalue weighted by Crippen LogP contribution is 2.44. The molecule has 2 atom stereocenters. The Hall–Kier alpha value is -3.92. The van der Waals surface area contributed by atoms with E-state index < -0.39 is 29.9 Å². The highest BCUT2D eigenvalue weighted by Gasteiger charge is 2.34. The number of rotatable bonds is 9. The third kappa shape index (κ3) is 7.86. The number of piperazine rings is 1. The van der Waals surface area contributed by atoms with Crippen molar-refractivity contribution >= 4 is 17.7 Å². The van der Waals surface area contributed by atoms with Crippen molar-refractivity contribution in [2.45, 2.75) is 88.8 Å². The van der Waals surface area contributed by atoms with Crippen molar-refractivity contribution in [3.05, 3.63) is 89.5 Å². The fourth-order valence-electron chi connectivity index (χ4n) is 7.47. The lowest BCUT2D eigenvalue weighted by molar-refractivity contribution is -0.157. The van der Waals surface area contributed by atoms with Crippen LogP contribution in [0.15, 0.2) is 72.8 Å². The van der Waals surface area contributed by atoms with Gasteiger partial charge in [-0.3, -0.25) is 4.90 Å². The number of benzene rings is 3. The summed E-state index contributed by atoms with van der Waals surface area (Å²) in [6.45, 7) is 7.80. The van der Waals surface area contributed by atoms with Gasteiger partial charge in [0.2, 0.25) is 0 Å². The van der Waals surface area contributed by atoms with Gasteiger partial charge in [0.05, 0.1) is 6.10 Å². The maximum absolute atomic E-state index is 13.3. The number of fused-ring (bicyclic) bond motifs is 3. The van der Waals surface area contributed by atoms with Gasteiger partial charge in [0, 0.05) is 50.8 Å². The van der Waals surface area contributed by atoms with Gasteiger partial charge in [-0.25, -0.2) is 9.59 Å². The minimum absolute atomic E-state index is 0.0847. The van der Waals surface area contributed by atoms with Crippen LogP contribution in [0.25, 0.3) is 11.1 Å². The molecule has 0 radical (unpaired) electrons. The lowest BCUT2D eigenvalue weighted by atomic mass is 9.91. The number of ether oxygens (including phenoxy) is 3. The first-order valence-electron chi connectivity index (χ1n) is 17.2. The molecule has 0 unspecified atom stereocenters. The van der Waals surface area contributed by atoms with Gasteiger partial charge in [0.25, 0.3) is 0 Å². The number of carbonyl (C=O) groups is 2. The molecule has 0 spiro atoms. The van der Waals surface area contributed by atoms with E-state index in [9.17, 15) is 14.7 Å². The Morgan fingerprint density at radius 3 is 2.10 bits per heavy atom. The summed E-state index contributed by atoms with van der Waals surface area (Å²) in [6.07, 6.45) is 3.66. The average molecular weight is 656 g/mol. The Morgan fingerprint density at radius 1 is 0.896 bits per heavy atom. The molecule has 0 bridgehead atoms. The van der Waals surface area contributed by atoms with Crippen LogP contribution in [0, 0.1) is 0 Å². The van der Waals surface area contributed by atoms with E-state index in [1.807, 2.05) is 53.4 Å². The topological polar surface area (TPSA) is 101 Å². The number of amides is 1. The van der Waals surface area contributed by atoms with Crippen LogP contribution in [0.4, 0.5) is 10.5 Å². The van der Waals surface area contributed by atoms with E-state index >= 15 is 0 Å². The molecule has 3 aliphatic rings. The number of hydrogen-bond acceptors (Lipinski definition) is 8. The van der Waals surface area contributed by atoms with E-state index in [1.54, 1.807) is 27.9 Å². The monoisotopic (exact) mass is 655 g/mol. The molecule has 256 valence electrons. The molecule has 1 saturated carbocycles. The number of hydrogen-bond donors (Lipinski definition) is 2. The van der Waals surface area contributed by atoms with Gasteiger partial charge >= 0.3 is 12.1 Å². The van der Waals surface area contributed by atoms with E-state index in [0.29, 0.717) is 18.7 Å². The summed E-state index contributed by atoms with van der Waals surface area (Å²) in [5.74, 6) is -0.607. The van der Waals surface area contributed by atoms with Crippen LogP contribution in [-0.2, 0) is 25.4 Å². The highest BCUT2D eigenvalue weighted by atomic mass is 16.6. The summed E-state index contributed by atoms with van der Waals surface area (Å²) in [5.41, 5.74) is 5.60. The number of carbonyl (C=O) groups excluding carboxylic acids is 2. The largest absolute Gasteiger partial charge is 0.458 e. The van der Waals surface area contributed by atoms with Crippen molar-refractivity contribution in [2.75, 3.05) is 38.3 Å². The fraction of sp³-hybridized carbons (Fsp3) is 0.487. The molecular formula is C39H49N3O6. The number of nitrogens with one attached hydrogen (secondary N) is 1. The van der Waals surface area contributed by atoms with Crippen LogP contribution >= 0.6 is 0 Å². The lowest BCUT2D eigenvalue weighted by Crippen LogP contribution is -2.56. The standard InChI is InChI=1S/C39H49N3O6/c1-39(2,3)48-37(44)35(40-38(45)47-25-34-32-11-7-5-9-30(32)31-10-6-8-12-33(31)34)23-26-13-15-28(16-14-26)42-22-21-41(24-36(42)43)27-17-19-29(46-4)20-18-27/h5-16,27,29,34-36,43H,17-25H2,1-4H3,(H,40,45)/t27?,29?,35-,36-/m0/s1. The number of aliphatic hydroxyl groups is 1. The first-order valence-corrected chi connectivity index (χ1v) is 17.2. The zero-order valence-corrected chi connectivity index (χ0v) is 28.6. The molecule has 3 aromatic rings. The Kier molecular flexibility index (Phi) is 10.4. The normalized spacial score (nSPS) is 22.0. The third-order valence-electron chi connectivity index (χ3n) is 9.91.